The molecule has 0 saturated carbocycles. The maximum Gasteiger partial charge on any atom is 0.370 e. The van der Waals surface area contributed by atoms with Crippen molar-refractivity contribution in [3.63, 3.8) is 0 Å². The number of hydrogen-bond acceptors (Lipinski definition) is 7. The van der Waals surface area contributed by atoms with Gasteiger partial charge in [0.25, 0.3) is 0 Å². The molecule has 0 heterocycles. The second-order valence-corrected chi connectivity index (χ2v) is 3.77. The summed E-state index contributed by atoms with van der Waals surface area (Å²) in [6.07, 6.45) is 0. The molecule has 1 rings (SSSR count). The summed E-state index contributed by atoms with van der Waals surface area (Å²) in [6.45, 7) is 2.58. The van der Waals surface area contributed by atoms with Crippen LogP contribution in [0.4, 0.5) is 17.1 Å². The molecule has 0 aliphatic heterocycles. The maximum atomic E-state index is 11.7. The first-order chi connectivity index (χ1) is 9.79. The number of rotatable bonds is 5. The molecular weight excluding hydrogens is 286 g/mol. The Balaban J connectivity index is 3.63. The van der Waals surface area contributed by atoms with Gasteiger partial charge in [-0.3, -0.25) is 25.0 Å². The van der Waals surface area contributed by atoms with E-state index in [1.807, 2.05) is 0 Å². The highest BCUT2D eigenvalue weighted by Gasteiger charge is 2.33. The molecule has 0 fully saturated rings. The van der Waals surface area contributed by atoms with Gasteiger partial charge in [0, 0.05) is 13.0 Å². The van der Waals surface area contributed by atoms with Crippen molar-refractivity contribution in [1.82, 2.24) is 0 Å². The maximum absolute atomic E-state index is 11.7. The van der Waals surface area contributed by atoms with Crippen molar-refractivity contribution in [2.45, 2.75) is 13.8 Å². The number of carbonyl (C=O) groups excluding carboxylic acids is 2. The van der Waals surface area contributed by atoms with E-state index in [2.05, 4.69) is 5.32 Å². The lowest BCUT2D eigenvalue weighted by atomic mass is 10.1. The van der Waals surface area contributed by atoms with Crippen molar-refractivity contribution < 1.29 is 24.2 Å². The molecule has 0 aromatic heterocycles. The molecule has 10 nitrogen and oxygen atoms in total. The first-order valence-corrected chi connectivity index (χ1v) is 5.70. The van der Waals surface area contributed by atoms with Gasteiger partial charge in [0.05, 0.1) is 22.0 Å². The lowest BCUT2D eigenvalue weighted by Gasteiger charge is -2.09. The van der Waals surface area contributed by atoms with Crippen LogP contribution in [-0.2, 0) is 9.53 Å². The van der Waals surface area contributed by atoms with Crippen LogP contribution in [0.2, 0.25) is 0 Å². The van der Waals surface area contributed by atoms with E-state index < -0.39 is 38.8 Å². The number of nitro groups is 2. The quantitative estimate of drug-likeness (QED) is 0.494. The SMILES string of the molecule is CCOC(=O)c1ccc([N+](=O)[O-])c([N+](=O)[O-])c1NC(C)=O. The summed E-state index contributed by atoms with van der Waals surface area (Å²) >= 11 is 0. The predicted octanol–water partition coefficient (Wildman–Crippen LogP) is 1.64. The van der Waals surface area contributed by atoms with Crippen LogP contribution in [0.1, 0.15) is 24.2 Å². The van der Waals surface area contributed by atoms with Gasteiger partial charge in [-0.15, -0.1) is 0 Å². The third-order valence-electron chi connectivity index (χ3n) is 2.33. The summed E-state index contributed by atoms with van der Waals surface area (Å²) in [5.41, 5.74) is -2.69. The number of ether oxygens (including phenoxy) is 1. The highest BCUT2D eigenvalue weighted by atomic mass is 16.6. The van der Waals surface area contributed by atoms with Gasteiger partial charge in [0.2, 0.25) is 5.91 Å². The molecule has 21 heavy (non-hydrogen) atoms. The Morgan fingerprint density at radius 1 is 1.24 bits per heavy atom. The molecule has 0 unspecified atom stereocenters. The minimum atomic E-state index is -1.04. The lowest BCUT2D eigenvalue weighted by molar-refractivity contribution is -0.421. The number of nitro benzene ring substituents is 2. The number of esters is 1. The van der Waals surface area contributed by atoms with Crippen molar-refractivity contribution in [3.05, 3.63) is 37.9 Å². The van der Waals surface area contributed by atoms with Gasteiger partial charge >= 0.3 is 17.3 Å². The first kappa shape index (κ1) is 16.0. The summed E-state index contributed by atoms with van der Waals surface area (Å²) in [4.78, 5) is 42.8. The largest absolute Gasteiger partial charge is 0.462 e. The monoisotopic (exact) mass is 297 g/mol. The second kappa shape index (κ2) is 6.41. The summed E-state index contributed by atoms with van der Waals surface area (Å²) in [5.74, 6) is -1.65. The molecule has 0 aliphatic rings. The molecule has 1 aromatic rings. The van der Waals surface area contributed by atoms with E-state index in [9.17, 15) is 29.8 Å². The van der Waals surface area contributed by atoms with Crippen LogP contribution < -0.4 is 5.32 Å². The lowest BCUT2D eigenvalue weighted by Crippen LogP contribution is -2.15. The van der Waals surface area contributed by atoms with Gasteiger partial charge in [-0.1, -0.05) is 0 Å². The Morgan fingerprint density at radius 2 is 1.86 bits per heavy atom. The highest BCUT2D eigenvalue weighted by Crippen LogP contribution is 2.37. The Morgan fingerprint density at radius 3 is 2.29 bits per heavy atom. The zero-order valence-electron chi connectivity index (χ0n) is 11.1. The topological polar surface area (TPSA) is 142 Å². The van der Waals surface area contributed by atoms with Crippen molar-refractivity contribution in [2.75, 3.05) is 11.9 Å². The molecule has 1 N–H and O–H groups in total. The number of amides is 1. The molecule has 0 spiro atoms. The molecule has 0 bridgehead atoms. The fraction of sp³-hybridized carbons (Fsp3) is 0.273. The van der Waals surface area contributed by atoms with Gasteiger partial charge in [-0.25, -0.2) is 4.79 Å². The molecule has 0 atom stereocenters. The fourth-order valence-electron chi connectivity index (χ4n) is 1.59. The van der Waals surface area contributed by atoms with E-state index in [-0.39, 0.29) is 12.2 Å². The van der Waals surface area contributed by atoms with E-state index in [1.165, 1.54) is 6.92 Å². The second-order valence-electron chi connectivity index (χ2n) is 3.77. The summed E-state index contributed by atoms with van der Waals surface area (Å²) in [5, 5.41) is 24.0. The molecular formula is C11H11N3O7. The van der Waals surface area contributed by atoms with Crippen LogP contribution in [0.25, 0.3) is 0 Å². The normalized spacial score (nSPS) is 9.81. The number of nitrogens with zero attached hydrogens (tertiary/aromatic N) is 2. The number of hydrogen-bond donors (Lipinski definition) is 1. The molecule has 112 valence electrons. The van der Waals surface area contributed by atoms with Crippen LogP contribution in [0.3, 0.4) is 0 Å². The Bertz CT molecular complexity index is 626. The first-order valence-electron chi connectivity index (χ1n) is 5.70. The van der Waals surface area contributed by atoms with Crippen LogP contribution in [-0.4, -0.2) is 28.3 Å². The van der Waals surface area contributed by atoms with Crippen LogP contribution in [0, 0.1) is 20.2 Å². The van der Waals surface area contributed by atoms with Gasteiger partial charge in [0.15, 0.2) is 0 Å². The van der Waals surface area contributed by atoms with E-state index in [4.69, 9.17) is 4.74 Å². The predicted molar refractivity (Wildman–Crippen MR) is 70.0 cm³/mol. The number of carbonyl (C=O) groups is 2. The zero-order chi connectivity index (χ0) is 16.2. The van der Waals surface area contributed by atoms with Crippen LogP contribution in [0.5, 0.6) is 0 Å². The third-order valence-corrected chi connectivity index (χ3v) is 2.33. The van der Waals surface area contributed by atoms with E-state index >= 15 is 0 Å². The molecule has 1 amide bonds. The standard InChI is InChI=1S/C11H11N3O7/c1-3-21-11(16)7-4-5-8(13(17)18)10(14(19)20)9(7)12-6(2)15/h4-5H,3H2,1-2H3,(H,12,15). The fourth-order valence-corrected chi connectivity index (χ4v) is 1.59. The van der Waals surface area contributed by atoms with Crippen molar-refractivity contribution in [2.24, 2.45) is 0 Å². The number of anilines is 1. The van der Waals surface area contributed by atoms with Gasteiger partial charge in [0.1, 0.15) is 5.69 Å². The average Bonchev–Trinajstić information content (AvgIpc) is 2.37. The highest BCUT2D eigenvalue weighted by molar-refractivity contribution is 6.04. The minimum Gasteiger partial charge on any atom is -0.462 e. The van der Waals surface area contributed by atoms with E-state index in [0.29, 0.717) is 0 Å². The number of nitrogens with one attached hydrogen (secondary N) is 1. The van der Waals surface area contributed by atoms with Crippen molar-refractivity contribution in [1.29, 1.82) is 0 Å². The van der Waals surface area contributed by atoms with Gasteiger partial charge in [-0.2, -0.15) is 0 Å². The minimum absolute atomic E-state index is 0.00311. The molecule has 10 heteroatoms. The summed E-state index contributed by atoms with van der Waals surface area (Å²) in [6, 6.07) is 1.81. The van der Waals surface area contributed by atoms with Crippen LogP contribution in [0.15, 0.2) is 12.1 Å². The van der Waals surface area contributed by atoms with Gasteiger partial charge in [-0.05, 0) is 13.0 Å². The Hall–Kier alpha value is -3.04. The molecule has 0 saturated heterocycles. The molecule has 0 radical (unpaired) electrons. The summed E-state index contributed by atoms with van der Waals surface area (Å²) < 4.78 is 4.70. The van der Waals surface area contributed by atoms with Crippen molar-refractivity contribution in [3.8, 4) is 0 Å². The average molecular weight is 297 g/mol. The number of benzene rings is 1. The van der Waals surface area contributed by atoms with E-state index in [1.54, 1.807) is 0 Å². The van der Waals surface area contributed by atoms with Crippen LogP contribution >= 0.6 is 0 Å². The molecule has 0 aliphatic carbocycles. The smallest absolute Gasteiger partial charge is 0.370 e. The summed E-state index contributed by atoms with van der Waals surface area (Å²) in [7, 11) is 0. The zero-order valence-corrected chi connectivity index (χ0v) is 11.1. The van der Waals surface area contributed by atoms with Crippen molar-refractivity contribution >= 4 is 28.9 Å². The van der Waals surface area contributed by atoms with E-state index in [0.717, 1.165) is 19.1 Å². The Labute approximate surface area is 118 Å². The Kier molecular flexibility index (Phi) is 4.89. The molecule has 1 aromatic carbocycles. The third kappa shape index (κ3) is 3.49. The van der Waals surface area contributed by atoms with Gasteiger partial charge < -0.3 is 10.1 Å².